The molecule has 2 aromatic carbocycles. The lowest BCUT2D eigenvalue weighted by Gasteiger charge is -2.24. The van der Waals surface area contributed by atoms with Gasteiger partial charge in [0.2, 0.25) is 5.91 Å². The summed E-state index contributed by atoms with van der Waals surface area (Å²) >= 11 is 6.31. The average Bonchev–Trinajstić information content (AvgIpc) is 3.49. The SMILES string of the molecule is CS(=O)(=O)c1ccc(Cn2ccc(NC(=O)C[C@@H](c3ccc(S(C)(=O)=O)c(Cl)c3)C3CCCC3)n2)cc1. The number of sulfone groups is 2. The molecule has 1 N–H and O–H groups in total. The first-order valence-corrected chi connectivity index (χ1v) is 16.2. The minimum Gasteiger partial charge on any atom is -0.309 e. The van der Waals surface area contributed by atoms with E-state index in [0.29, 0.717) is 18.3 Å². The lowest BCUT2D eigenvalue weighted by Crippen LogP contribution is -2.20. The number of hydrogen-bond acceptors (Lipinski definition) is 6. The Bertz CT molecular complexity index is 1490. The highest BCUT2D eigenvalue weighted by molar-refractivity contribution is 7.91. The predicted molar refractivity (Wildman–Crippen MR) is 143 cm³/mol. The van der Waals surface area contributed by atoms with Crippen LogP contribution in [0.4, 0.5) is 5.82 Å². The monoisotopic (exact) mass is 563 g/mol. The first-order chi connectivity index (χ1) is 17.4. The Kier molecular flexibility index (Phi) is 8.11. The maximum atomic E-state index is 13.0. The number of halogens is 1. The first kappa shape index (κ1) is 27.3. The summed E-state index contributed by atoms with van der Waals surface area (Å²) in [7, 11) is -6.69. The van der Waals surface area contributed by atoms with E-state index in [1.54, 1.807) is 53.3 Å². The van der Waals surface area contributed by atoms with E-state index in [1.807, 2.05) is 0 Å². The van der Waals surface area contributed by atoms with Crippen LogP contribution in [0.1, 0.15) is 49.1 Å². The van der Waals surface area contributed by atoms with Gasteiger partial charge in [0.15, 0.2) is 25.5 Å². The third-order valence-electron chi connectivity index (χ3n) is 6.76. The van der Waals surface area contributed by atoms with Gasteiger partial charge in [-0.1, -0.05) is 42.6 Å². The van der Waals surface area contributed by atoms with Gasteiger partial charge in [-0.2, -0.15) is 5.10 Å². The molecule has 1 aromatic heterocycles. The largest absolute Gasteiger partial charge is 0.309 e. The number of anilines is 1. The van der Waals surface area contributed by atoms with Gasteiger partial charge in [0.05, 0.1) is 21.4 Å². The summed E-state index contributed by atoms with van der Waals surface area (Å²) in [4.78, 5) is 13.4. The molecule has 3 aromatic rings. The molecule has 1 aliphatic rings. The predicted octanol–water partition coefficient (Wildman–Crippen LogP) is 4.69. The average molecular weight is 564 g/mol. The summed E-state index contributed by atoms with van der Waals surface area (Å²) in [5.74, 6) is 0.485. The van der Waals surface area contributed by atoms with Crippen LogP contribution in [0.5, 0.6) is 0 Å². The third kappa shape index (κ3) is 7.00. The molecule has 0 radical (unpaired) electrons. The number of nitrogens with one attached hydrogen (secondary N) is 1. The van der Waals surface area contributed by atoms with Gasteiger partial charge in [0.25, 0.3) is 0 Å². The molecule has 37 heavy (non-hydrogen) atoms. The summed E-state index contributed by atoms with van der Waals surface area (Å²) in [5.41, 5.74) is 1.74. The van der Waals surface area contributed by atoms with Gasteiger partial charge in [-0.15, -0.1) is 0 Å². The molecule has 11 heteroatoms. The molecule has 1 aliphatic carbocycles. The zero-order valence-electron chi connectivity index (χ0n) is 20.7. The number of rotatable bonds is 9. The minimum absolute atomic E-state index is 0.0796. The van der Waals surface area contributed by atoms with Crippen LogP contribution in [0.2, 0.25) is 5.02 Å². The minimum atomic E-state index is -3.44. The molecule has 4 rings (SSSR count). The number of benzene rings is 2. The smallest absolute Gasteiger partial charge is 0.226 e. The summed E-state index contributed by atoms with van der Waals surface area (Å²) < 4.78 is 48.9. The highest BCUT2D eigenvalue weighted by Crippen LogP contribution is 2.41. The van der Waals surface area contributed by atoms with Crippen LogP contribution in [0.25, 0.3) is 0 Å². The van der Waals surface area contributed by atoms with Crippen LogP contribution in [0.15, 0.2) is 64.5 Å². The lowest BCUT2D eigenvalue weighted by molar-refractivity contribution is -0.116. The van der Waals surface area contributed by atoms with Crippen LogP contribution in [-0.4, -0.2) is 45.0 Å². The van der Waals surface area contributed by atoms with Crippen LogP contribution < -0.4 is 5.32 Å². The second kappa shape index (κ2) is 11.0. The second-order valence-corrected chi connectivity index (χ2v) is 14.1. The lowest BCUT2D eigenvalue weighted by atomic mass is 9.82. The fourth-order valence-corrected chi connectivity index (χ4v) is 6.87. The van der Waals surface area contributed by atoms with Gasteiger partial charge in [-0.3, -0.25) is 9.48 Å². The highest BCUT2D eigenvalue weighted by Gasteiger charge is 2.29. The van der Waals surface area contributed by atoms with Gasteiger partial charge < -0.3 is 5.32 Å². The van der Waals surface area contributed by atoms with Crippen molar-refractivity contribution in [2.75, 3.05) is 17.8 Å². The van der Waals surface area contributed by atoms with Crippen molar-refractivity contribution in [2.45, 2.75) is 54.4 Å². The van der Waals surface area contributed by atoms with E-state index in [0.717, 1.165) is 43.1 Å². The Morgan fingerprint density at radius 3 is 2.30 bits per heavy atom. The van der Waals surface area contributed by atoms with Crippen molar-refractivity contribution in [2.24, 2.45) is 5.92 Å². The van der Waals surface area contributed by atoms with E-state index in [4.69, 9.17) is 11.6 Å². The van der Waals surface area contributed by atoms with Crippen LogP contribution in [0, 0.1) is 5.92 Å². The number of carbonyl (C=O) groups excluding carboxylic acids is 1. The molecular weight excluding hydrogens is 534 g/mol. The maximum absolute atomic E-state index is 13.0. The molecule has 1 fully saturated rings. The summed E-state index contributed by atoms with van der Waals surface area (Å²) in [5, 5.41) is 7.47. The van der Waals surface area contributed by atoms with Crippen molar-refractivity contribution in [1.82, 2.24) is 9.78 Å². The molecule has 0 unspecified atom stereocenters. The Hall–Kier alpha value is -2.69. The second-order valence-electron chi connectivity index (χ2n) is 9.68. The molecule has 8 nitrogen and oxygen atoms in total. The van der Waals surface area contributed by atoms with E-state index in [1.165, 1.54) is 12.3 Å². The van der Waals surface area contributed by atoms with Gasteiger partial charge in [0, 0.05) is 31.2 Å². The molecule has 1 atom stereocenters. The van der Waals surface area contributed by atoms with Crippen LogP contribution in [-0.2, 0) is 31.0 Å². The molecule has 1 amide bonds. The zero-order chi connectivity index (χ0) is 26.8. The van der Waals surface area contributed by atoms with Gasteiger partial charge >= 0.3 is 0 Å². The quantitative estimate of drug-likeness (QED) is 0.404. The number of aromatic nitrogens is 2. The molecule has 0 aliphatic heterocycles. The Balaban J connectivity index is 1.44. The Morgan fingerprint density at radius 2 is 1.70 bits per heavy atom. The fraction of sp³-hybridized carbons (Fsp3) is 0.385. The Morgan fingerprint density at radius 1 is 1.03 bits per heavy atom. The highest BCUT2D eigenvalue weighted by atomic mass is 35.5. The standard InChI is InChI=1S/C26H30ClN3O5S2/c1-36(32,33)21-10-7-18(8-11-21)17-30-14-13-25(29-30)28-26(31)16-22(19-5-3-4-6-19)20-9-12-24(23(27)15-20)37(2,34)35/h7-15,19,22H,3-6,16-17H2,1-2H3,(H,28,29,31)/t22-/m1/s1. The molecular formula is C26H30ClN3O5S2. The zero-order valence-corrected chi connectivity index (χ0v) is 23.1. The molecule has 0 spiro atoms. The van der Waals surface area contributed by atoms with Crippen LogP contribution in [0.3, 0.4) is 0 Å². The van der Waals surface area contributed by atoms with E-state index < -0.39 is 19.7 Å². The fourth-order valence-electron chi connectivity index (χ4n) is 4.90. The van der Waals surface area contributed by atoms with Crippen molar-refractivity contribution >= 4 is 43.0 Å². The van der Waals surface area contributed by atoms with E-state index in [9.17, 15) is 21.6 Å². The third-order valence-corrected chi connectivity index (χ3v) is 9.47. The van der Waals surface area contributed by atoms with E-state index in [2.05, 4.69) is 10.4 Å². The van der Waals surface area contributed by atoms with Crippen molar-refractivity contribution in [3.63, 3.8) is 0 Å². The molecule has 0 saturated heterocycles. The summed E-state index contributed by atoms with van der Waals surface area (Å²) in [6.45, 7) is 0.426. The normalized spacial score (nSPS) is 15.5. The van der Waals surface area contributed by atoms with Crippen molar-refractivity contribution in [3.05, 3.63) is 70.9 Å². The van der Waals surface area contributed by atoms with Gasteiger partial charge in [-0.05, 0) is 60.1 Å². The first-order valence-electron chi connectivity index (χ1n) is 12.0. The van der Waals surface area contributed by atoms with Crippen LogP contribution >= 0.6 is 11.6 Å². The summed E-state index contributed by atoms with van der Waals surface area (Å²) in [6.07, 6.45) is 8.51. The van der Waals surface area contributed by atoms with E-state index >= 15 is 0 Å². The molecule has 0 bridgehead atoms. The van der Waals surface area contributed by atoms with Crippen molar-refractivity contribution < 1.29 is 21.6 Å². The summed E-state index contributed by atoms with van der Waals surface area (Å²) in [6, 6.07) is 13.3. The number of carbonyl (C=O) groups is 1. The number of nitrogens with zero attached hydrogens (tertiary/aromatic N) is 2. The molecule has 1 saturated carbocycles. The number of amides is 1. The topological polar surface area (TPSA) is 115 Å². The maximum Gasteiger partial charge on any atom is 0.226 e. The molecule has 1 heterocycles. The van der Waals surface area contributed by atoms with Crippen molar-refractivity contribution in [3.8, 4) is 0 Å². The van der Waals surface area contributed by atoms with Crippen molar-refractivity contribution in [1.29, 1.82) is 0 Å². The van der Waals surface area contributed by atoms with E-state index in [-0.39, 0.29) is 33.1 Å². The number of hydrogen-bond donors (Lipinski definition) is 1. The molecule has 198 valence electrons. The van der Waals surface area contributed by atoms with Gasteiger partial charge in [0.1, 0.15) is 0 Å². The van der Waals surface area contributed by atoms with Gasteiger partial charge in [-0.25, -0.2) is 16.8 Å². The Labute approximate surface area is 222 Å².